The van der Waals surface area contributed by atoms with E-state index in [9.17, 15) is 14.4 Å². The van der Waals surface area contributed by atoms with Crippen LogP contribution in [0.2, 0.25) is 0 Å². The molecular formula is C16H16N2O6S. The van der Waals surface area contributed by atoms with Gasteiger partial charge in [-0.1, -0.05) is 6.07 Å². The minimum absolute atomic E-state index is 0.0418. The maximum Gasteiger partial charge on any atom is 0.341 e. The summed E-state index contributed by atoms with van der Waals surface area (Å²) in [7, 11) is 4.38. The Kier molecular flexibility index (Phi) is 5.38. The zero-order valence-electron chi connectivity index (χ0n) is 13.8. The first kappa shape index (κ1) is 18.4. The van der Waals surface area contributed by atoms with Gasteiger partial charge in [-0.3, -0.25) is 19.4 Å². The molecule has 8 nitrogen and oxygen atoms in total. The molecule has 1 fully saturated rings. The third-order valence-corrected chi connectivity index (χ3v) is 4.04. The van der Waals surface area contributed by atoms with Gasteiger partial charge < -0.3 is 14.6 Å². The molecule has 9 heteroatoms. The summed E-state index contributed by atoms with van der Waals surface area (Å²) in [6, 6.07) is 4.63. The van der Waals surface area contributed by atoms with Crippen LogP contribution in [-0.2, 0) is 14.4 Å². The summed E-state index contributed by atoms with van der Waals surface area (Å²) in [6.07, 6.45) is 1.42. The molecule has 0 bridgehead atoms. The number of carboxylic acids is 1. The number of carbonyl (C=O) groups is 3. The number of nitrogens with zero attached hydrogens (tertiary/aromatic N) is 2. The highest BCUT2D eigenvalue weighted by atomic mass is 32.1. The average Bonchev–Trinajstić information content (AvgIpc) is 2.60. The molecule has 1 aliphatic rings. The molecule has 2 rings (SSSR count). The molecule has 0 aromatic heterocycles. The Labute approximate surface area is 149 Å². The van der Waals surface area contributed by atoms with Crippen molar-refractivity contribution in [2.24, 2.45) is 0 Å². The molecule has 0 spiro atoms. The van der Waals surface area contributed by atoms with Gasteiger partial charge in [0.25, 0.3) is 11.8 Å². The lowest BCUT2D eigenvalue weighted by molar-refractivity contribution is -0.139. The standard InChI is InChI=1S/C16H16N2O6S/c1-17-14(21)10(15(22)18(2)16(17)25)6-9-4-5-11(12(7-9)23-3)24-8-13(19)20/h4-7H,8H2,1-3H3,(H,19,20). The Morgan fingerprint density at radius 3 is 2.32 bits per heavy atom. The number of rotatable bonds is 5. The molecule has 2 amide bonds. The van der Waals surface area contributed by atoms with Crippen molar-refractivity contribution in [3.8, 4) is 11.5 Å². The second-order valence-electron chi connectivity index (χ2n) is 5.16. The van der Waals surface area contributed by atoms with Crippen LogP contribution in [0.25, 0.3) is 6.08 Å². The highest BCUT2D eigenvalue weighted by Gasteiger charge is 2.35. The number of hydrogen-bond donors (Lipinski definition) is 1. The van der Waals surface area contributed by atoms with Crippen LogP contribution in [0.1, 0.15) is 5.56 Å². The van der Waals surface area contributed by atoms with E-state index in [1.165, 1.54) is 49.2 Å². The molecular weight excluding hydrogens is 348 g/mol. The predicted octanol–water partition coefficient (Wildman–Crippen LogP) is 0.757. The Bertz CT molecular complexity index is 763. The van der Waals surface area contributed by atoms with Crippen LogP contribution >= 0.6 is 12.2 Å². The van der Waals surface area contributed by atoms with Gasteiger partial charge in [0.2, 0.25) is 0 Å². The van der Waals surface area contributed by atoms with Gasteiger partial charge in [0.05, 0.1) is 7.11 Å². The summed E-state index contributed by atoms with van der Waals surface area (Å²) < 4.78 is 10.3. The van der Waals surface area contributed by atoms with Crippen LogP contribution in [0.15, 0.2) is 23.8 Å². The fourth-order valence-electron chi connectivity index (χ4n) is 2.17. The number of methoxy groups -OCH3 is 1. The minimum Gasteiger partial charge on any atom is -0.493 e. The smallest absolute Gasteiger partial charge is 0.341 e. The third kappa shape index (κ3) is 3.77. The number of ether oxygens (including phenoxy) is 2. The summed E-state index contributed by atoms with van der Waals surface area (Å²) in [5.74, 6) is -1.60. The van der Waals surface area contributed by atoms with E-state index >= 15 is 0 Å². The lowest BCUT2D eigenvalue weighted by Crippen LogP contribution is -2.52. The number of benzene rings is 1. The van der Waals surface area contributed by atoms with Crippen molar-refractivity contribution in [1.82, 2.24) is 9.80 Å². The zero-order chi connectivity index (χ0) is 18.7. The van der Waals surface area contributed by atoms with Gasteiger partial charge >= 0.3 is 5.97 Å². The highest BCUT2D eigenvalue weighted by molar-refractivity contribution is 7.80. The molecule has 1 N–H and O–H groups in total. The average molecular weight is 364 g/mol. The van der Waals surface area contributed by atoms with E-state index in [0.717, 1.165) is 0 Å². The van der Waals surface area contributed by atoms with Gasteiger partial charge in [-0.15, -0.1) is 0 Å². The highest BCUT2D eigenvalue weighted by Crippen LogP contribution is 2.29. The van der Waals surface area contributed by atoms with Crippen molar-refractivity contribution in [1.29, 1.82) is 0 Å². The second-order valence-corrected chi connectivity index (χ2v) is 5.53. The largest absolute Gasteiger partial charge is 0.493 e. The van der Waals surface area contributed by atoms with Crippen molar-refractivity contribution >= 4 is 41.2 Å². The van der Waals surface area contributed by atoms with E-state index < -0.39 is 24.4 Å². The van der Waals surface area contributed by atoms with Gasteiger partial charge in [0.1, 0.15) is 5.57 Å². The first-order chi connectivity index (χ1) is 11.8. The van der Waals surface area contributed by atoms with Gasteiger partial charge in [-0.25, -0.2) is 4.79 Å². The van der Waals surface area contributed by atoms with Crippen molar-refractivity contribution in [2.45, 2.75) is 0 Å². The van der Waals surface area contributed by atoms with Crippen molar-refractivity contribution in [3.05, 3.63) is 29.3 Å². The molecule has 1 aromatic rings. The van der Waals surface area contributed by atoms with E-state index in [1.54, 1.807) is 6.07 Å². The number of likely N-dealkylation sites (N-methyl/N-ethyl adjacent to an activating group) is 2. The van der Waals surface area contributed by atoms with E-state index in [4.69, 9.17) is 26.8 Å². The Balaban J connectivity index is 2.36. The number of amides is 2. The quantitative estimate of drug-likeness (QED) is 0.468. The lowest BCUT2D eigenvalue weighted by atomic mass is 10.1. The number of aliphatic carboxylic acids is 1. The third-order valence-electron chi connectivity index (χ3n) is 3.49. The van der Waals surface area contributed by atoms with E-state index in [2.05, 4.69) is 0 Å². The van der Waals surface area contributed by atoms with Gasteiger partial charge in [-0.2, -0.15) is 0 Å². The zero-order valence-corrected chi connectivity index (χ0v) is 14.6. The summed E-state index contributed by atoms with van der Waals surface area (Å²) >= 11 is 5.03. The second kappa shape index (κ2) is 7.31. The summed E-state index contributed by atoms with van der Waals surface area (Å²) in [5, 5.41) is 8.80. The number of carbonyl (C=O) groups excluding carboxylic acids is 2. The van der Waals surface area contributed by atoms with Gasteiger partial charge in [-0.05, 0) is 36.0 Å². The van der Waals surface area contributed by atoms with Crippen LogP contribution in [0.3, 0.4) is 0 Å². The molecule has 0 unspecified atom stereocenters. The summed E-state index contributed by atoms with van der Waals surface area (Å²) in [6.45, 7) is -0.513. The Morgan fingerprint density at radius 2 is 1.80 bits per heavy atom. The monoisotopic (exact) mass is 364 g/mol. The number of carboxylic acid groups (broad SMARTS) is 1. The first-order valence-corrected chi connectivity index (χ1v) is 7.51. The maximum absolute atomic E-state index is 12.3. The molecule has 1 saturated heterocycles. The van der Waals surface area contributed by atoms with Crippen molar-refractivity contribution in [2.75, 3.05) is 27.8 Å². The molecule has 0 radical (unpaired) electrons. The van der Waals surface area contributed by atoms with E-state index in [-0.39, 0.29) is 22.2 Å². The topological polar surface area (TPSA) is 96.4 Å². The maximum atomic E-state index is 12.3. The van der Waals surface area contributed by atoms with E-state index in [1.807, 2.05) is 0 Å². The molecule has 1 heterocycles. The van der Waals surface area contributed by atoms with Crippen LogP contribution in [0.4, 0.5) is 0 Å². The van der Waals surface area contributed by atoms with Gasteiger partial charge in [0.15, 0.2) is 23.2 Å². The molecule has 0 saturated carbocycles. The van der Waals surface area contributed by atoms with Crippen molar-refractivity contribution < 1.29 is 29.0 Å². The number of hydrogen-bond acceptors (Lipinski definition) is 6. The summed E-state index contributed by atoms with van der Waals surface area (Å²) in [4.78, 5) is 37.6. The van der Waals surface area contributed by atoms with Crippen LogP contribution in [0.5, 0.6) is 11.5 Å². The Hall–Kier alpha value is -2.94. The molecule has 25 heavy (non-hydrogen) atoms. The SMILES string of the molecule is COc1cc(C=C2C(=O)N(C)C(=S)N(C)C2=O)ccc1OCC(=O)O. The minimum atomic E-state index is -1.12. The fourth-order valence-corrected chi connectivity index (χ4v) is 2.34. The van der Waals surface area contributed by atoms with Crippen LogP contribution < -0.4 is 9.47 Å². The molecule has 1 aromatic carbocycles. The first-order valence-electron chi connectivity index (χ1n) is 7.10. The molecule has 1 aliphatic heterocycles. The summed E-state index contributed by atoms with van der Waals surface area (Å²) in [5.41, 5.74) is 0.478. The molecule has 132 valence electrons. The van der Waals surface area contributed by atoms with Crippen LogP contribution in [-0.4, -0.2) is 65.6 Å². The van der Waals surface area contributed by atoms with E-state index in [0.29, 0.717) is 5.56 Å². The predicted molar refractivity (Wildman–Crippen MR) is 92.2 cm³/mol. The fraction of sp³-hybridized carbons (Fsp3) is 0.250. The number of thiocarbonyl (C=S) groups is 1. The Morgan fingerprint density at radius 1 is 1.20 bits per heavy atom. The van der Waals surface area contributed by atoms with Crippen molar-refractivity contribution in [3.63, 3.8) is 0 Å². The normalized spacial score (nSPS) is 14.7. The lowest BCUT2D eigenvalue weighted by Gasteiger charge is -2.31. The molecule has 0 aliphatic carbocycles. The van der Waals surface area contributed by atoms with Crippen LogP contribution in [0, 0.1) is 0 Å². The molecule has 0 atom stereocenters. The van der Waals surface area contributed by atoms with Gasteiger partial charge in [0, 0.05) is 14.1 Å².